The number of rotatable bonds is 4. The zero-order valence-corrected chi connectivity index (χ0v) is 12.8. The van der Waals surface area contributed by atoms with Crippen LogP contribution in [0, 0.1) is 5.92 Å². The molecule has 1 saturated heterocycles. The Balaban J connectivity index is 1.60. The van der Waals surface area contributed by atoms with Crippen molar-refractivity contribution in [3.05, 3.63) is 42.1 Å². The van der Waals surface area contributed by atoms with E-state index in [2.05, 4.69) is 15.5 Å². The molecule has 116 valence electrons. The van der Waals surface area contributed by atoms with Gasteiger partial charge in [0.1, 0.15) is 5.69 Å². The van der Waals surface area contributed by atoms with Crippen molar-refractivity contribution < 1.29 is 13.2 Å². The van der Waals surface area contributed by atoms with Crippen LogP contribution in [0.2, 0.25) is 0 Å². The van der Waals surface area contributed by atoms with Crippen LogP contribution in [0.1, 0.15) is 16.9 Å². The SMILES string of the molecule is O=C(NC[C@@H]1CCS(=O)(=O)C1)c1cc(-c2ccccc2)n[nH]1. The number of aromatic nitrogens is 2. The number of H-pyrrole nitrogens is 1. The monoisotopic (exact) mass is 319 g/mol. The van der Waals surface area contributed by atoms with Crippen molar-refractivity contribution in [3.8, 4) is 11.3 Å². The minimum atomic E-state index is -2.91. The maximum atomic E-state index is 12.1. The van der Waals surface area contributed by atoms with E-state index in [1.54, 1.807) is 6.07 Å². The number of carbonyl (C=O) groups is 1. The van der Waals surface area contributed by atoms with Gasteiger partial charge in [-0.1, -0.05) is 30.3 Å². The zero-order chi connectivity index (χ0) is 15.6. The fourth-order valence-electron chi connectivity index (χ4n) is 2.56. The molecule has 0 radical (unpaired) electrons. The third-order valence-corrected chi connectivity index (χ3v) is 5.61. The van der Waals surface area contributed by atoms with E-state index in [0.717, 1.165) is 5.56 Å². The maximum Gasteiger partial charge on any atom is 0.269 e. The molecule has 3 rings (SSSR count). The molecule has 0 aliphatic carbocycles. The number of sulfone groups is 1. The largest absolute Gasteiger partial charge is 0.350 e. The second-order valence-electron chi connectivity index (χ2n) is 5.51. The second-order valence-corrected chi connectivity index (χ2v) is 7.74. The molecule has 1 fully saturated rings. The predicted octanol–water partition coefficient (Wildman–Crippen LogP) is 1.24. The standard InChI is InChI=1S/C15H17N3O3S/c19-15(16-9-11-6-7-22(20,21)10-11)14-8-13(17-18-14)12-4-2-1-3-5-12/h1-5,8,11H,6-7,9-10H2,(H,16,19)(H,17,18)/t11-/m0/s1. The quantitative estimate of drug-likeness (QED) is 0.887. The number of nitrogens with one attached hydrogen (secondary N) is 2. The van der Waals surface area contributed by atoms with Crippen LogP contribution in [0.15, 0.2) is 36.4 Å². The molecule has 1 atom stereocenters. The fourth-order valence-corrected chi connectivity index (χ4v) is 4.42. The van der Waals surface area contributed by atoms with Gasteiger partial charge in [0.2, 0.25) is 0 Å². The van der Waals surface area contributed by atoms with Crippen molar-refractivity contribution in [2.75, 3.05) is 18.1 Å². The summed E-state index contributed by atoms with van der Waals surface area (Å²) in [6.07, 6.45) is 0.612. The molecule has 0 unspecified atom stereocenters. The molecule has 2 N–H and O–H groups in total. The highest BCUT2D eigenvalue weighted by atomic mass is 32.2. The Morgan fingerprint density at radius 1 is 1.32 bits per heavy atom. The normalized spacial score (nSPS) is 19.9. The van der Waals surface area contributed by atoms with E-state index in [4.69, 9.17) is 0 Å². The Bertz CT molecular complexity index is 768. The van der Waals surface area contributed by atoms with Crippen LogP contribution in [0.5, 0.6) is 0 Å². The van der Waals surface area contributed by atoms with Crippen LogP contribution in [0.4, 0.5) is 0 Å². The third-order valence-electron chi connectivity index (χ3n) is 3.77. The summed E-state index contributed by atoms with van der Waals surface area (Å²) < 4.78 is 22.8. The average Bonchev–Trinajstić information content (AvgIpc) is 3.12. The van der Waals surface area contributed by atoms with Gasteiger partial charge < -0.3 is 5.32 Å². The van der Waals surface area contributed by atoms with Crippen LogP contribution in [-0.4, -0.2) is 42.6 Å². The smallest absolute Gasteiger partial charge is 0.269 e. The molecule has 1 aliphatic rings. The van der Waals surface area contributed by atoms with E-state index in [0.29, 0.717) is 24.4 Å². The second kappa shape index (κ2) is 5.92. The molecule has 0 saturated carbocycles. The van der Waals surface area contributed by atoms with E-state index < -0.39 is 9.84 Å². The van der Waals surface area contributed by atoms with E-state index in [1.165, 1.54) is 0 Å². The summed E-state index contributed by atoms with van der Waals surface area (Å²) in [6, 6.07) is 11.3. The Morgan fingerprint density at radius 2 is 2.09 bits per heavy atom. The Kier molecular flexibility index (Phi) is 3.98. The minimum absolute atomic E-state index is 0.00506. The predicted molar refractivity (Wildman–Crippen MR) is 83.1 cm³/mol. The lowest BCUT2D eigenvalue weighted by atomic mass is 10.1. The highest BCUT2D eigenvalue weighted by Crippen LogP contribution is 2.18. The van der Waals surface area contributed by atoms with Crippen LogP contribution in [0.3, 0.4) is 0 Å². The number of aromatic amines is 1. The summed E-state index contributed by atoms with van der Waals surface area (Å²) in [5.74, 6) is 0.116. The number of hydrogen-bond acceptors (Lipinski definition) is 4. The van der Waals surface area contributed by atoms with Crippen molar-refractivity contribution in [2.24, 2.45) is 5.92 Å². The van der Waals surface area contributed by atoms with Gasteiger partial charge in [0.25, 0.3) is 5.91 Å². The lowest BCUT2D eigenvalue weighted by molar-refractivity contribution is 0.0943. The van der Waals surface area contributed by atoms with Crippen LogP contribution < -0.4 is 5.32 Å². The molecule has 0 bridgehead atoms. The summed E-state index contributed by atoms with van der Waals surface area (Å²) in [4.78, 5) is 12.1. The third kappa shape index (κ3) is 3.36. The summed E-state index contributed by atoms with van der Waals surface area (Å²) >= 11 is 0. The van der Waals surface area contributed by atoms with Gasteiger partial charge >= 0.3 is 0 Å². The van der Waals surface area contributed by atoms with Crippen molar-refractivity contribution in [2.45, 2.75) is 6.42 Å². The van der Waals surface area contributed by atoms with Gasteiger partial charge in [0.05, 0.1) is 17.2 Å². The first-order valence-corrected chi connectivity index (χ1v) is 8.95. The number of carbonyl (C=O) groups excluding carboxylic acids is 1. The summed E-state index contributed by atoms with van der Waals surface area (Å²) in [5, 5.41) is 9.61. The Morgan fingerprint density at radius 3 is 2.77 bits per heavy atom. The van der Waals surface area contributed by atoms with Crippen molar-refractivity contribution in [1.29, 1.82) is 0 Å². The number of benzene rings is 1. The fraction of sp³-hybridized carbons (Fsp3) is 0.333. The summed E-state index contributed by atoms with van der Waals surface area (Å²) in [5.41, 5.74) is 2.01. The molecule has 2 heterocycles. The molecule has 1 aliphatic heterocycles. The van der Waals surface area contributed by atoms with Crippen LogP contribution in [0.25, 0.3) is 11.3 Å². The molecule has 0 spiro atoms. The highest BCUT2D eigenvalue weighted by molar-refractivity contribution is 7.91. The molecule has 1 amide bonds. The van der Waals surface area contributed by atoms with Gasteiger partial charge in [-0.05, 0) is 18.4 Å². The first-order chi connectivity index (χ1) is 10.5. The topological polar surface area (TPSA) is 91.9 Å². The van der Waals surface area contributed by atoms with Gasteiger partial charge in [-0.25, -0.2) is 8.42 Å². The number of hydrogen-bond donors (Lipinski definition) is 2. The molecule has 1 aromatic heterocycles. The lowest BCUT2D eigenvalue weighted by Gasteiger charge is -2.08. The van der Waals surface area contributed by atoms with Crippen molar-refractivity contribution >= 4 is 15.7 Å². The lowest BCUT2D eigenvalue weighted by Crippen LogP contribution is -2.30. The number of nitrogens with zero attached hydrogens (tertiary/aromatic N) is 1. The van der Waals surface area contributed by atoms with Gasteiger partial charge in [-0.15, -0.1) is 0 Å². The molecule has 6 nitrogen and oxygen atoms in total. The van der Waals surface area contributed by atoms with Gasteiger partial charge in [0.15, 0.2) is 9.84 Å². The minimum Gasteiger partial charge on any atom is -0.350 e. The first kappa shape index (κ1) is 14.8. The zero-order valence-electron chi connectivity index (χ0n) is 12.0. The average molecular weight is 319 g/mol. The van der Waals surface area contributed by atoms with E-state index in [9.17, 15) is 13.2 Å². The molecule has 1 aromatic carbocycles. The van der Waals surface area contributed by atoms with E-state index in [-0.39, 0.29) is 23.3 Å². The maximum absolute atomic E-state index is 12.1. The van der Waals surface area contributed by atoms with Crippen molar-refractivity contribution in [3.63, 3.8) is 0 Å². The molecule has 7 heteroatoms. The molecule has 2 aromatic rings. The van der Waals surface area contributed by atoms with Crippen LogP contribution in [-0.2, 0) is 9.84 Å². The molecular weight excluding hydrogens is 302 g/mol. The molecule has 22 heavy (non-hydrogen) atoms. The highest BCUT2D eigenvalue weighted by Gasteiger charge is 2.28. The van der Waals surface area contributed by atoms with E-state index in [1.807, 2.05) is 30.3 Å². The Labute approximate surface area is 128 Å². The summed E-state index contributed by atoms with van der Waals surface area (Å²) in [6.45, 7) is 0.373. The Hall–Kier alpha value is -2.15. The van der Waals surface area contributed by atoms with E-state index >= 15 is 0 Å². The van der Waals surface area contributed by atoms with Gasteiger partial charge in [-0.2, -0.15) is 5.10 Å². The molecular formula is C15H17N3O3S. The summed E-state index contributed by atoms with van der Waals surface area (Å²) in [7, 11) is -2.91. The van der Waals surface area contributed by atoms with Gasteiger partial charge in [-0.3, -0.25) is 9.89 Å². The van der Waals surface area contributed by atoms with Crippen molar-refractivity contribution in [1.82, 2.24) is 15.5 Å². The van der Waals surface area contributed by atoms with Crippen LogP contribution >= 0.6 is 0 Å². The first-order valence-electron chi connectivity index (χ1n) is 7.13. The van der Waals surface area contributed by atoms with Gasteiger partial charge in [0, 0.05) is 12.1 Å². The number of amides is 1.